The van der Waals surface area contributed by atoms with Gasteiger partial charge in [-0.15, -0.1) is 0 Å². The lowest BCUT2D eigenvalue weighted by atomic mass is 10.1. The van der Waals surface area contributed by atoms with Gasteiger partial charge in [0.05, 0.1) is 72.7 Å². The van der Waals surface area contributed by atoms with Gasteiger partial charge in [0.15, 0.2) is 23.3 Å². The minimum atomic E-state index is -1.98. The van der Waals surface area contributed by atoms with Crippen LogP contribution in [0.3, 0.4) is 0 Å². The maximum absolute atomic E-state index is 13.9. The van der Waals surface area contributed by atoms with E-state index in [0.717, 1.165) is 0 Å². The predicted octanol–water partition coefficient (Wildman–Crippen LogP) is 1.99. The number of aliphatic hydroxyl groups excluding tert-OH is 1. The van der Waals surface area contributed by atoms with Crippen molar-refractivity contribution in [1.29, 1.82) is 0 Å². The van der Waals surface area contributed by atoms with Crippen molar-refractivity contribution in [2.75, 3.05) is 79.2 Å². The van der Waals surface area contributed by atoms with E-state index in [0.29, 0.717) is 39.6 Å². The second-order valence-corrected chi connectivity index (χ2v) is 6.21. The van der Waals surface area contributed by atoms with Crippen molar-refractivity contribution in [3.05, 3.63) is 39.3 Å². The zero-order chi connectivity index (χ0) is 25.2. The van der Waals surface area contributed by atoms with Crippen LogP contribution in [0, 0.1) is 23.3 Å². The molecule has 1 aromatic carbocycles. The Morgan fingerprint density at radius 2 is 1.18 bits per heavy atom. The molecule has 34 heavy (non-hydrogen) atoms. The normalized spacial score (nSPS) is 10.9. The summed E-state index contributed by atoms with van der Waals surface area (Å²) in [7, 11) is 0. The lowest BCUT2D eigenvalue weighted by Gasteiger charge is -2.10. The van der Waals surface area contributed by atoms with Gasteiger partial charge < -0.3 is 34.1 Å². The number of hydrogen-bond acceptors (Lipinski definition) is 8. The molecule has 0 aromatic heterocycles. The first-order valence-electron chi connectivity index (χ1n) is 10.1. The van der Waals surface area contributed by atoms with Crippen LogP contribution >= 0.6 is 0 Å². The molecule has 0 saturated heterocycles. The second-order valence-electron chi connectivity index (χ2n) is 6.21. The van der Waals surface area contributed by atoms with E-state index in [1.807, 2.05) is 0 Å². The number of carbonyl (C=O) groups excluding carboxylic acids is 1. The van der Waals surface area contributed by atoms with E-state index in [4.69, 9.17) is 34.3 Å². The third-order valence-electron chi connectivity index (χ3n) is 3.87. The molecule has 0 unspecified atom stereocenters. The molecule has 0 heterocycles. The minimum Gasteiger partial charge on any atom is -0.394 e. The highest BCUT2D eigenvalue weighted by Gasteiger charge is 2.28. The molecule has 192 valence electrons. The van der Waals surface area contributed by atoms with Crippen LogP contribution in [-0.4, -0.2) is 90.2 Å². The van der Waals surface area contributed by atoms with Gasteiger partial charge in [-0.1, -0.05) is 5.11 Å². The van der Waals surface area contributed by atoms with Gasteiger partial charge in [0.1, 0.15) is 11.3 Å². The van der Waals surface area contributed by atoms with Crippen LogP contribution in [0.15, 0.2) is 5.11 Å². The molecule has 0 bridgehead atoms. The molecule has 1 rings (SSSR count). The van der Waals surface area contributed by atoms with Crippen molar-refractivity contribution in [1.82, 2.24) is 5.32 Å². The average Bonchev–Trinajstić information content (AvgIpc) is 2.82. The Kier molecular flexibility index (Phi) is 15.5. The Hall–Kier alpha value is -2.52. The van der Waals surface area contributed by atoms with E-state index in [1.165, 1.54) is 0 Å². The molecule has 0 aliphatic heterocycles. The summed E-state index contributed by atoms with van der Waals surface area (Å²) in [4.78, 5) is 13.9. The van der Waals surface area contributed by atoms with Gasteiger partial charge in [-0.25, -0.2) is 17.6 Å². The molecule has 0 radical (unpaired) electrons. The fraction of sp³-hybridized carbons (Fsp3) is 0.632. The third-order valence-corrected chi connectivity index (χ3v) is 3.87. The van der Waals surface area contributed by atoms with Crippen molar-refractivity contribution < 1.29 is 51.1 Å². The lowest BCUT2D eigenvalue weighted by molar-refractivity contribution is -0.0130. The van der Waals surface area contributed by atoms with Gasteiger partial charge in [0.2, 0.25) is 0 Å². The SMILES string of the molecule is [N-]=[N+]=Nc1c(F)c(F)c(C(=O)NCCOCCOCCOCCOCCOCCO)c(F)c1F. The van der Waals surface area contributed by atoms with Gasteiger partial charge in [-0.3, -0.25) is 4.79 Å². The Balaban J connectivity index is 2.11. The van der Waals surface area contributed by atoms with E-state index < -0.39 is 40.4 Å². The Labute approximate surface area is 192 Å². The highest BCUT2D eigenvalue weighted by Crippen LogP contribution is 2.30. The third kappa shape index (κ3) is 10.6. The first kappa shape index (κ1) is 29.5. The highest BCUT2D eigenvalue weighted by atomic mass is 19.2. The number of rotatable bonds is 19. The standard InChI is InChI=1S/C19H26F4N4O7/c20-14-13(15(21)17(23)18(16(14)22)26-27-24)19(29)25-1-3-30-5-7-32-9-11-34-12-10-33-8-6-31-4-2-28/h28H,1-12H2,(H,25,29). The van der Waals surface area contributed by atoms with Gasteiger partial charge in [-0.05, 0) is 5.53 Å². The van der Waals surface area contributed by atoms with Crippen LogP contribution in [-0.2, 0) is 23.7 Å². The van der Waals surface area contributed by atoms with Crippen molar-refractivity contribution in [2.24, 2.45) is 5.11 Å². The largest absolute Gasteiger partial charge is 0.394 e. The number of halogens is 4. The first-order valence-corrected chi connectivity index (χ1v) is 10.1. The topological polar surface area (TPSA) is 144 Å². The molecular weight excluding hydrogens is 472 g/mol. The summed E-state index contributed by atoms with van der Waals surface area (Å²) in [5.74, 6) is -9.31. The van der Waals surface area contributed by atoms with E-state index in [2.05, 4.69) is 15.3 Å². The summed E-state index contributed by atoms with van der Waals surface area (Å²) in [6.45, 7) is 2.56. The second kappa shape index (κ2) is 17.9. The molecular formula is C19H26F4N4O7. The number of hydrogen-bond donors (Lipinski definition) is 2. The zero-order valence-electron chi connectivity index (χ0n) is 18.2. The van der Waals surface area contributed by atoms with Crippen molar-refractivity contribution >= 4 is 11.6 Å². The minimum absolute atomic E-state index is 0.0328. The quantitative estimate of drug-likeness (QED) is 0.0741. The molecule has 15 heteroatoms. The molecule has 1 amide bonds. The molecule has 1 aromatic rings. The Morgan fingerprint density at radius 3 is 1.59 bits per heavy atom. The summed E-state index contributed by atoms with van der Waals surface area (Å²) in [6.07, 6.45) is 0. The number of aliphatic hydroxyl groups is 1. The van der Waals surface area contributed by atoms with Crippen molar-refractivity contribution in [2.45, 2.75) is 0 Å². The van der Waals surface area contributed by atoms with Crippen molar-refractivity contribution in [3.63, 3.8) is 0 Å². The van der Waals surface area contributed by atoms with Crippen LogP contribution < -0.4 is 5.32 Å². The maximum Gasteiger partial charge on any atom is 0.257 e. The number of carbonyl (C=O) groups is 1. The Morgan fingerprint density at radius 1 is 0.765 bits per heavy atom. The molecule has 0 fully saturated rings. The monoisotopic (exact) mass is 498 g/mol. The smallest absolute Gasteiger partial charge is 0.257 e. The number of ether oxygens (including phenoxy) is 5. The lowest BCUT2D eigenvalue weighted by Crippen LogP contribution is -2.30. The van der Waals surface area contributed by atoms with Gasteiger partial charge in [0.25, 0.3) is 5.91 Å². The number of amides is 1. The van der Waals surface area contributed by atoms with Crippen LogP contribution in [0.2, 0.25) is 0 Å². The van der Waals surface area contributed by atoms with E-state index in [-0.39, 0.29) is 39.6 Å². The number of nitrogens with one attached hydrogen (secondary N) is 1. The Bertz CT molecular complexity index is 784. The maximum atomic E-state index is 13.9. The van der Waals surface area contributed by atoms with E-state index >= 15 is 0 Å². The molecule has 0 atom stereocenters. The molecule has 0 aliphatic carbocycles. The summed E-state index contributed by atoms with van der Waals surface area (Å²) in [6, 6.07) is 0. The molecule has 2 N–H and O–H groups in total. The van der Waals surface area contributed by atoms with Gasteiger partial charge in [-0.2, -0.15) is 0 Å². The van der Waals surface area contributed by atoms with E-state index in [1.54, 1.807) is 0 Å². The fourth-order valence-corrected chi connectivity index (χ4v) is 2.32. The van der Waals surface area contributed by atoms with Gasteiger partial charge >= 0.3 is 0 Å². The van der Waals surface area contributed by atoms with Crippen LogP contribution in [0.1, 0.15) is 10.4 Å². The highest BCUT2D eigenvalue weighted by molar-refractivity contribution is 5.95. The summed E-state index contributed by atoms with van der Waals surface area (Å²) in [5, 5.41) is 13.1. The first-order chi connectivity index (χ1) is 16.5. The molecule has 11 nitrogen and oxygen atoms in total. The van der Waals surface area contributed by atoms with Crippen LogP contribution in [0.4, 0.5) is 23.2 Å². The predicted molar refractivity (Wildman–Crippen MR) is 109 cm³/mol. The summed E-state index contributed by atoms with van der Waals surface area (Å²) in [5.41, 5.74) is 5.22. The van der Waals surface area contributed by atoms with Gasteiger partial charge in [0, 0.05) is 11.5 Å². The molecule has 0 saturated carbocycles. The van der Waals surface area contributed by atoms with Crippen LogP contribution in [0.5, 0.6) is 0 Å². The number of benzene rings is 1. The zero-order valence-corrected chi connectivity index (χ0v) is 18.2. The summed E-state index contributed by atoms with van der Waals surface area (Å²) >= 11 is 0. The summed E-state index contributed by atoms with van der Waals surface area (Å²) < 4.78 is 81.1. The van der Waals surface area contributed by atoms with Crippen LogP contribution in [0.25, 0.3) is 10.4 Å². The van der Waals surface area contributed by atoms with E-state index in [9.17, 15) is 22.4 Å². The molecule has 0 aliphatic rings. The fourth-order valence-electron chi connectivity index (χ4n) is 2.32. The molecule has 0 spiro atoms. The number of azide groups is 1. The number of nitrogens with zero attached hydrogens (tertiary/aromatic N) is 3. The van der Waals surface area contributed by atoms with Crippen molar-refractivity contribution in [3.8, 4) is 0 Å². The average molecular weight is 498 g/mol.